The Bertz CT molecular complexity index is 487. The van der Waals surface area contributed by atoms with Crippen molar-refractivity contribution in [2.45, 2.75) is 6.92 Å². The minimum absolute atomic E-state index is 0.240. The average Bonchev–Trinajstić information content (AvgIpc) is 2.19. The van der Waals surface area contributed by atoms with Crippen molar-refractivity contribution in [1.29, 1.82) is 0 Å². The van der Waals surface area contributed by atoms with E-state index >= 15 is 0 Å². The molecule has 0 saturated carbocycles. The van der Waals surface area contributed by atoms with Gasteiger partial charge in [0.2, 0.25) is 0 Å². The molecule has 4 heteroatoms. The number of aryl methyl sites for hydroxylation is 1. The molecule has 0 aliphatic carbocycles. The van der Waals surface area contributed by atoms with Gasteiger partial charge in [-0.15, -0.1) is 5.10 Å². The number of rotatable bonds is 1. The number of aromatic amines is 1. The van der Waals surface area contributed by atoms with Crippen LogP contribution in [-0.4, -0.2) is 15.2 Å². The van der Waals surface area contributed by atoms with Gasteiger partial charge in [0, 0.05) is 5.56 Å². The summed E-state index contributed by atoms with van der Waals surface area (Å²) in [5.74, 6) is 0.498. The minimum Gasteiger partial charge on any atom is -0.304 e. The number of aromatic nitrogens is 3. The van der Waals surface area contributed by atoms with Crippen LogP contribution in [0.1, 0.15) is 5.56 Å². The van der Waals surface area contributed by atoms with Gasteiger partial charge in [-0.25, -0.2) is 0 Å². The molecule has 0 amide bonds. The highest BCUT2D eigenvalue weighted by Crippen LogP contribution is 2.12. The lowest BCUT2D eigenvalue weighted by atomic mass is 10.1. The monoisotopic (exact) mass is 187 g/mol. The standard InChI is InChI=1S/C10H9N3O/c1-7-2-4-8(5-3-7)10-12-9(14)6-11-13-10/h2-6H,1H3,(H,12,13,14). The fourth-order valence-corrected chi connectivity index (χ4v) is 1.15. The first-order valence-corrected chi connectivity index (χ1v) is 4.25. The molecule has 0 radical (unpaired) electrons. The van der Waals surface area contributed by atoms with Crippen LogP contribution in [0.5, 0.6) is 0 Å². The van der Waals surface area contributed by atoms with Crippen LogP contribution in [0.3, 0.4) is 0 Å². The molecule has 14 heavy (non-hydrogen) atoms. The van der Waals surface area contributed by atoms with Gasteiger partial charge < -0.3 is 4.98 Å². The fraction of sp³-hybridized carbons (Fsp3) is 0.100. The van der Waals surface area contributed by atoms with Gasteiger partial charge >= 0.3 is 0 Å². The normalized spacial score (nSPS) is 10.1. The Morgan fingerprint density at radius 2 is 1.93 bits per heavy atom. The summed E-state index contributed by atoms with van der Waals surface area (Å²) in [7, 11) is 0. The third kappa shape index (κ3) is 1.69. The van der Waals surface area contributed by atoms with Crippen LogP contribution >= 0.6 is 0 Å². The summed E-state index contributed by atoms with van der Waals surface area (Å²) in [5.41, 5.74) is 1.79. The van der Waals surface area contributed by atoms with E-state index in [1.165, 1.54) is 5.56 Å². The molecular formula is C10H9N3O. The molecule has 1 aromatic carbocycles. The molecule has 0 unspecified atom stereocenters. The Morgan fingerprint density at radius 3 is 2.57 bits per heavy atom. The number of hydrogen-bond donors (Lipinski definition) is 1. The summed E-state index contributed by atoms with van der Waals surface area (Å²) in [6, 6.07) is 7.72. The molecule has 1 heterocycles. The largest absolute Gasteiger partial charge is 0.304 e. The van der Waals surface area contributed by atoms with Gasteiger partial charge in [0.15, 0.2) is 5.82 Å². The highest BCUT2D eigenvalue weighted by atomic mass is 16.1. The van der Waals surface area contributed by atoms with Crippen molar-refractivity contribution in [1.82, 2.24) is 15.2 Å². The molecule has 1 N–H and O–H groups in total. The summed E-state index contributed by atoms with van der Waals surface area (Å²) < 4.78 is 0. The molecule has 0 aliphatic heterocycles. The third-order valence-corrected chi connectivity index (χ3v) is 1.90. The molecule has 0 aliphatic rings. The Labute approximate surface area is 80.6 Å². The molecule has 0 saturated heterocycles. The number of nitrogens with zero attached hydrogens (tertiary/aromatic N) is 2. The highest BCUT2D eigenvalue weighted by Gasteiger charge is 1.99. The first-order valence-electron chi connectivity index (χ1n) is 4.25. The second-order valence-electron chi connectivity index (χ2n) is 3.05. The summed E-state index contributed by atoms with van der Waals surface area (Å²) in [4.78, 5) is 13.6. The van der Waals surface area contributed by atoms with E-state index in [1.54, 1.807) is 0 Å². The zero-order valence-corrected chi connectivity index (χ0v) is 7.69. The second-order valence-corrected chi connectivity index (χ2v) is 3.05. The molecule has 0 fully saturated rings. The number of nitrogens with one attached hydrogen (secondary N) is 1. The van der Waals surface area contributed by atoms with Crippen LogP contribution in [0, 0.1) is 6.92 Å². The first kappa shape index (κ1) is 8.62. The van der Waals surface area contributed by atoms with Crippen LogP contribution in [-0.2, 0) is 0 Å². The van der Waals surface area contributed by atoms with Crippen LogP contribution in [0.25, 0.3) is 11.4 Å². The van der Waals surface area contributed by atoms with Gasteiger partial charge in [-0.1, -0.05) is 29.8 Å². The van der Waals surface area contributed by atoms with E-state index in [2.05, 4.69) is 15.2 Å². The van der Waals surface area contributed by atoms with E-state index < -0.39 is 0 Å². The molecule has 70 valence electrons. The van der Waals surface area contributed by atoms with Crippen molar-refractivity contribution in [3.63, 3.8) is 0 Å². The van der Waals surface area contributed by atoms with Gasteiger partial charge in [-0.05, 0) is 6.92 Å². The molecular weight excluding hydrogens is 178 g/mol. The van der Waals surface area contributed by atoms with Crippen LogP contribution in [0.4, 0.5) is 0 Å². The van der Waals surface area contributed by atoms with E-state index in [0.717, 1.165) is 11.8 Å². The van der Waals surface area contributed by atoms with Gasteiger partial charge in [-0.3, -0.25) is 4.79 Å². The van der Waals surface area contributed by atoms with Crippen molar-refractivity contribution in [2.24, 2.45) is 0 Å². The molecule has 2 aromatic rings. The lowest BCUT2D eigenvalue weighted by Crippen LogP contribution is -2.08. The predicted octanol–water partition coefficient (Wildman–Crippen LogP) is 1.14. The van der Waals surface area contributed by atoms with E-state index in [1.807, 2.05) is 31.2 Å². The lowest BCUT2D eigenvalue weighted by Gasteiger charge is -1.98. The SMILES string of the molecule is Cc1ccc(-c2nncc(=O)[nH]2)cc1. The molecule has 0 atom stereocenters. The third-order valence-electron chi connectivity index (χ3n) is 1.90. The van der Waals surface area contributed by atoms with Crippen molar-refractivity contribution >= 4 is 0 Å². The molecule has 2 rings (SSSR count). The zero-order chi connectivity index (χ0) is 9.97. The Balaban J connectivity index is 2.50. The number of H-pyrrole nitrogens is 1. The predicted molar refractivity (Wildman–Crippen MR) is 52.8 cm³/mol. The first-order chi connectivity index (χ1) is 6.75. The van der Waals surface area contributed by atoms with Crippen molar-refractivity contribution in [3.05, 3.63) is 46.4 Å². The maximum atomic E-state index is 11.0. The summed E-state index contributed by atoms with van der Waals surface area (Å²) in [6.45, 7) is 2.00. The van der Waals surface area contributed by atoms with Crippen LogP contribution < -0.4 is 5.56 Å². The smallest absolute Gasteiger partial charge is 0.269 e. The Hall–Kier alpha value is -1.97. The Morgan fingerprint density at radius 1 is 1.21 bits per heavy atom. The molecule has 0 bridgehead atoms. The number of benzene rings is 1. The average molecular weight is 187 g/mol. The van der Waals surface area contributed by atoms with Crippen molar-refractivity contribution in [3.8, 4) is 11.4 Å². The topological polar surface area (TPSA) is 58.6 Å². The highest BCUT2D eigenvalue weighted by molar-refractivity contribution is 5.54. The van der Waals surface area contributed by atoms with E-state index in [9.17, 15) is 4.79 Å². The van der Waals surface area contributed by atoms with Crippen molar-refractivity contribution < 1.29 is 0 Å². The lowest BCUT2D eigenvalue weighted by molar-refractivity contribution is 0.954. The van der Waals surface area contributed by atoms with Crippen LogP contribution in [0.2, 0.25) is 0 Å². The maximum absolute atomic E-state index is 11.0. The van der Waals surface area contributed by atoms with E-state index in [4.69, 9.17) is 0 Å². The van der Waals surface area contributed by atoms with E-state index in [0.29, 0.717) is 5.82 Å². The van der Waals surface area contributed by atoms with Crippen molar-refractivity contribution in [2.75, 3.05) is 0 Å². The molecule has 4 nitrogen and oxygen atoms in total. The summed E-state index contributed by atoms with van der Waals surface area (Å²) in [6.07, 6.45) is 1.15. The van der Waals surface area contributed by atoms with E-state index in [-0.39, 0.29) is 5.56 Å². The fourth-order valence-electron chi connectivity index (χ4n) is 1.15. The second kappa shape index (κ2) is 3.41. The van der Waals surface area contributed by atoms with Gasteiger partial charge in [0.25, 0.3) is 5.56 Å². The zero-order valence-electron chi connectivity index (χ0n) is 7.69. The molecule has 0 spiro atoms. The summed E-state index contributed by atoms with van der Waals surface area (Å²) in [5, 5.41) is 7.42. The minimum atomic E-state index is -0.240. The quantitative estimate of drug-likeness (QED) is 0.728. The van der Waals surface area contributed by atoms with Gasteiger partial charge in [0.1, 0.15) is 6.20 Å². The van der Waals surface area contributed by atoms with Crippen LogP contribution in [0.15, 0.2) is 35.3 Å². The summed E-state index contributed by atoms with van der Waals surface area (Å²) >= 11 is 0. The Kier molecular flexibility index (Phi) is 2.10. The van der Waals surface area contributed by atoms with Gasteiger partial charge in [0.05, 0.1) is 0 Å². The molecule has 1 aromatic heterocycles. The number of hydrogen-bond acceptors (Lipinski definition) is 3. The maximum Gasteiger partial charge on any atom is 0.269 e. The van der Waals surface area contributed by atoms with Gasteiger partial charge in [-0.2, -0.15) is 5.10 Å².